The molecule has 0 radical (unpaired) electrons. The molecule has 3 rings (SSSR count). The maximum Gasteiger partial charge on any atom is 0.247 e. The van der Waals surface area contributed by atoms with E-state index in [0.29, 0.717) is 37.6 Å². The van der Waals surface area contributed by atoms with E-state index in [2.05, 4.69) is 10.6 Å². The van der Waals surface area contributed by atoms with Crippen LogP contribution in [0.25, 0.3) is 0 Å². The molecule has 9 heteroatoms. The lowest BCUT2D eigenvalue weighted by Crippen LogP contribution is -2.47. The number of nitrogens with zero attached hydrogens (tertiary/aromatic N) is 1. The predicted octanol–water partition coefficient (Wildman–Crippen LogP) is 2.34. The summed E-state index contributed by atoms with van der Waals surface area (Å²) in [6.07, 6.45) is 0.170. The summed E-state index contributed by atoms with van der Waals surface area (Å²) in [5, 5.41) is 5.58. The van der Waals surface area contributed by atoms with E-state index >= 15 is 0 Å². The number of anilines is 1. The van der Waals surface area contributed by atoms with Gasteiger partial charge in [-0.15, -0.1) is 0 Å². The summed E-state index contributed by atoms with van der Waals surface area (Å²) < 4.78 is 32.9. The van der Waals surface area contributed by atoms with Gasteiger partial charge < -0.3 is 15.4 Å². The van der Waals surface area contributed by atoms with E-state index < -0.39 is 22.0 Å². The van der Waals surface area contributed by atoms with Gasteiger partial charge in [-0.25, -0.2) is 8.42 Å². The monoisotopic (exact) mass is 473 g/mol. The smallest absolute Gasteiger partial charge is 0.247 e. The van der Waals surface area contributed by atoms with Gasteiger partial charge in [-0.3, -0.25) is 9.59 Å². The lowest BCUT2D eigenvalue weighted by atomic mass is 10.0. The number of morpholine rings is 1. The normalized spacial score (nSPS) is 15.8. The fourth-order valence-electron chi connectivity index (χ4n) is 3.64. The Morgan fingerprint density at radius 3 is 2.36 bits per heavy atom. The van der Waals surface area contributed by atoms with Crippen molar-refractivity contribution in [2.75, 3.05) is 31.6 Å². The Kier molecular flexibility index (Phi) is 8.23. The van der Waals surface area contributed by atoms with Crippen molar-refractivity contribution in [1.82, 2.24) is 9.62 Å². The first-order valence-electron chi connectivity index (χ1n) is 11.0. The van der Waals surface area contributed by atoms with Crippen LogP contribution in [0.5, 0.6) is 0 Å². The number of sulfonamides is 1. The Bertz CT molecular complexity index is 1080. The molecule has 178 valence electrons. The van der Waals surface area contributed by atoms with Crippen molar-refractivity contribution in [1.29, 1.82) is 0 Å². The summed E-state index contributed by atoms with van der Waals surface area (Å²) in [4.78, 5) is 25.6. The standard InChI is InChI=1S/C24H31N3O5S/c1-17(2)23(26-22(28)15-19-7-5-4-6-8-19)24(29)25-20-10-9-18(3)21(16-20)33(30,31)27-11-13-32-14-12-27/h4-10,16-17,23H,11-15H2,1-3H3,(H,25,29)(H,26,28)/t23-/m0/s1. The minimum Gasteiger partial charge on any atom is -0.379 e. The van der Waals surface area contributed by atoms with Gasteiger partial charge in [0.2, 0.25) is 21.8 Å². The van der Waals surface area contributed by atoms with Gasteiger partial charge in [0.05, 0.1) is 24.5 Å². The molecular weight excluding hydrogens is 442 g/mol. The van der Waals surface area contributed by atoms with E-state index in [1.165, 1.54) is 10.4 Å². The molecule has 2 amide bonds. The van der Waals surface area contributed by atoms with E-state index in [1.54, 1.807) is 19.1 Å². The van der Waals surface area contributed by atoms with E-state index in [-0.39, 0.29) is 23.1 Å². The fourth-order valence-corrected chi connectivity index (χ4v) is 5.30. The highest BCUT2D eigenvalue weighted by Gasteiger charge is 2.29. The Balaban J connectivity index is 1.73. The molecule has 33 heavy (non-hydrogen) atoms. The SMILES string of the molecule is Cc1ccc(NC(=O)[C@@H](NC(=O)Cc2ccccc2)C(C)C)cc1S(=O)(=O)N1CCOCC1. The van der Waals surface area contributed by atoms with E-state index in [1.807, 2.05) is 44.2 Å². The Morgan fingerprint density at radius 2 is 1.73 bits per heavy atom. The Hall–Kier alpha value is -2.75. The molecular formula is C24H31N3O5S. The Labute approximate surface area is 195 Å². The molecule has 1 heterocycles. The quantitative estimate of drug-likeness (QED) is 0.612. The van der Waals surface area contributed by atoms with Crippen molar-refractivity contribution in [2.24, 2.45) is 5.92 Å². The molecule has 2 aromatic rings. The highest BCUT2D eigenvalue weighted by Crippen LogP contribution is 2.24. The molecule has 0 aromatic heterocycles. The summed E-state index contributed by atoms with van der Waals surface area (Å²) in [6.45, 7) is 6.70. The van der Waals surface area contributed by atoms with Crippen molar-refractivity contribution in [3.8, 4) is 0 Å². The van der Waals surface area contributed by atoms with Crippen molar-refractivity contribution >= 4 is 27.5 Å². The third-order valence-electron chi connectivity index (χ3n) is 5.52. The zero-order valence-corrected chi connectivity index (χ0v) is 20.0. The first-order valence-corrected chi connectivity index (χ1v) is 12.4. The number of aryl methyl sites for hydroxylation is 1. The largest absolute Gasteiger partial charge is 0.379 e. The van der Waals surface area contributed by atoms with Crippen molar-refractivity contribution in [2.45, 2.75) is 38.1 Å². The average molecular weight is 474 g/mol. The number of benzene rings is 2. The number of hydrogen-bond acceptors (Lipinski definition) is 5. The van der Waals surface area contributed by atoms with Crippen LogP contribution in [-0.2, 0) is 30.8 Å². The van der Waals surface area contributed by atoms with Crippen LogP contribution in [0, 0.1) is 12.8 Å². The molecule has 0 bridgehead atoms. The van der Waals surface area contributed by atoms with Gasteiger partial charge in [-0.2, -0.15) is 4.31 Å². The van der Waals surface area contributed by atoms with Crippen LogP contribution >= 0.6 is 0 Å². The minimum absolute atomic E-state index is 0.149. The lowest BCUT2D eigenvalue weighted by molar-refractivity contribution is -0.127. The second-order valence-corrected chi connectivity index (χ2v) is 10.3. The number of hydrogen-bond donors (Lipinski definition) is 2. The van der Waals surface area contributed by atoms with E-state index in [4.69, 9.17) is 4.74 Å². The van der Waals surface area contributed by atoms with Gasteiger partial charge in [0, 0.05) is 18.8 Å². The van der Waals surface area contributed by atoms with Gasteiger partial charge in [-0.05, 0) is 36.1 Å². The number of nitrogens with one attached hydrogen (secondary N) is 2. The molecule has 2 N–H and O–H groups in total. The fraction of sp³-hybridized carbons (Fsp3) is 0.417. The summed E-state index contributed by atoms with van der Waals surface area (Å²) in [5.74, 6) is -0.814. The first-order chi connectivity index (χ1) is 15.7. The topological polar surface area (TPSA) is 105 Å². The highest BCUT2D eigenvalue weighted by atomic mass is 32.2. The maximum atomic E-state index is 13.1. The highest BCUT2D eigenvalue weighted by molar-refractivity contribution is 7.89. The second-order valence-electron chi connectivity index (χ2n) is 8.44. The molecule has 1 atom stereocenters. The number of carbonyl (C=O) groups is 2. The zero-order valence-electron chi connectivity index (χ0n) is 19.2. The summed E-state index contributed by atoms with van der Waals surface area (Å²) >= 11 is 0. The van der Waals surface area contributed by atoms with Crippen LogP contribution < -0.4 is 10.6 Å². The molecule has 1 saturated heterocycles. The molecule has 1 aliphatic heterocycles. The number of ether oxygens (including phenoxy) is 1. The lowest BCUT2D eigenvalue weighted by Gasteiger charge is -2.27. The number of amides is 2. The number of carbonyl (C=O) groups excluding carboxylic acids is 2. The molecule has 0 unspecified atom stereocenters. The van der Waals surface area contributed by atoms with Crippen LogP contribution in [-0.4, -0.2) is 56.9 Å². The third-order valence-corrected chi connectivity index (χ3v) is 7.56. The molecule has 0 saturated carbocycles. The Morgan fingerprint density at radius 1 is 1.06 bits per heavy atom. The van der Waals surface area contributed by atoms with Gasteiger partial charge in [0.15, 0.2) is 0 Å². The van der Waals surface area contributed by atoms with Crippen LogP contribution in [0.3, 0.4) is 0 Å². The molecule has 0 aliphatic carbocycles. The van der Waals surface area contributed by atoms with Gasteiger partial charge in [0.1, 0.15) is 6.04 Å². The first kappa shape index (κ1) is 24.9. The number of rotatable bonds is 8. The van der Waals surface area contributed by atoms with Crippen molar-refractivity contribution < 1.29 is 22.7 Å². The molecule has 2 aromatic carbocycles. The molecule has 8 nitrogen and oxygen atoms in total. The minimum atomic E-state index is -3.71. The second kappa shape index (κ2) is 10.9. The van der Waals surface area contributed by atoms with Crippen LogP contribution in [0.15, 0.2) is 53.4 Å². The van der Waals surface area contributed by atoms with Crippen LogP contribution in [0.4, 0.5) is 5.69 Å². The van der Waals surface area contributed by atoms with Gasteiger partial charge >= 0.3 is 0 Å². The predicted molar refractivity (Wildman–Crippen MR) is 126 cm³/mol. The zero-order chi connectivity index (χ0) is 24.0. The van der Waals surface area contributed by atoms with Crippen LogP contribution in [0.1, 0.15) is 25.0 Å². The van der Waals surface area contributed by atoms with E-state index in [9.17, 15) is 18.0 Å². The third kappa shape index (κ3) is 6.40. The van der Waals surface area contributed by atoms with E-state index in [0.717, 1.165) is 5.56 Å². The average Bonchev–Trinajstić information content (AvgIpc) is 2.79. The van der Waals surface area contributed by atoms with Crippen LogP contribution in [0.2, 0.25) is 0 Å². The van der Waals surface area contributed by atoms with Crippen molar-refractivity contribution in [3.05, 3.63) is 59.7 Å². The molecule has 1 fully saturated rings. The summed E-state index contributed by atoms with van der Waals surface area (Å²) in [6, 6.07) is 13.3. The molecule has 0 spiro atoms. The summed E-state index contributed by atoms with van der Waals surface area (Å²) in [5.41, 5.74) is 1.81. The maximum absolute atomic E-state index is 13.1. The van der Waals surface area contributed by atoms with Crippen molar-refractivity contribution in [3.63, 3.8) is 0 Å². The summed E-state index contributed by atoms with van der Waals surface area (Å²) in [7, 11) is -3.71. The van der Waals surface area contributed by atoms with Gasteiger partial charge in [0.25, 0.3) is 0 Å². The molecule has 1 aliphatic rings. The van der Waals surface area contributed by atoms with Gasteiger partial charge in [-0.1, -0.05) is 50.2 Å².